The van der Waals surface area contributed by atoms with Crippen LogP contribution < -0.4 is 4.74 Å². The maximum Gasteiger partial charge on any atom is 0.147 e. The summed E-state index contributed by atoms with van der Waals surface area (Å²) in [6.07, 6.45) is 1.37. The van der Waals surface area contributed by atoms with Crippen molar-refractivity contribution in [3.8, 4) is 5.75 Å². The fourth-order valence-corrected chi connectivity index (χ4v) is 4.09. The zero-order valence-electron chi connectivity index (χ0n) is 15.9. The first-order valence-corrected chi connectivity index (χ1v) is 10.2. The number of nitrogens with zero attached hydrogens (tertiary/aromatic N) is 1. The van der Waals surface area contributed by atoms with Gasteiger partial charge in [0.1, 0.15) is 11.5 Å². The van der Waals surface area contributed by atoms with Gasteiger partial charge in [-0.2, -0.15) is 0 Å². The summed E-state index contributed by atoms with van der Waals surface area (Å²) in [6.45, 7) is 3.06. The number of carbonyl (C=O) groups excluding carboxylic acids is 1. The molecule has 0 N–H and O–H groups in total. The number of ketones is 1. The van der Waals surface area contributed by atoms with Crippen LogP contribution in [0.5, 0.6) is 5.75 Å². The summed E-state index contributed by atoms with van der Waals surface area (Å²) in [6, 6.07) is 22.5. The van der Waals surface area contributed by atoms with Crippen LogP contribution in [0, 0.1) is 0 Å². The first-order valence-electron chi connectivity index (χ1n) is 9.19. The molecule has 1 aromatic heterocycles. The molecule has 0 bridgehead atoms. The number of carbonyl (C=O) groups is 1. The van der Waals surface area contributed by atoms with Crippen LogP contribution in [0.25, 0.3) is 0 Å². The van der Waals surface area contributed by atoms with Crippen LogP contribution >= 0.6 is 11.8 Å². The van der Waals surface area contributed by atoms with E-state index in [0.29, 0.717) is 12.2 Å². The van der Waals surface area contributed by atoms with E-state index in [2.05, 4.69) is 47.9 Å². The first kappa shape index (κ1) is 19.3. The number of hydrogen-bond acceptors (Lipinski definition) is 3. The second-order valence-corrected chi connectivity index (χ2v) is 7.42. The number of hydrogen-bond donors (Lipinski definition) is 0. The largest absolute Gasteiger partial charge is 0.497 e. The Morgan fingerprint density at radius 1 is 0.963 bits per heavy atom. The summed E-state index contributed by atoms with van der Waals surface area (Å²) in [5.74, 6) is 1.53. The van der Waals surface area contributed by atoms with E-state index in [9.17, 15) is 4.79 Å². The molecule has 0 atom stereocenters. The molecule has 3 aromatic rings. The fraction of sp³-hybridized carbons (Fsp3) is 0.261. The number of thioether (sulfide) groups is 1. The summed E-state index contributed by atoms with van der Waals surface area (Å²) in [5, 5.41) is 1.16. The SMILES string of the molecule is CCn1c(Cc2ccccc2)ccc1SCC(=O)Cc1ccc(OC)cc1. The van der Waals surface area contributed by atoms with Crippen LogP contribution in [-0.2, 0) is 24.2 Å². The number of aromatic nitrogens is 1. The minimum atomic E-state index is 0.235. The molecule has 1 heterocycles. The molecule has 0 aliphatic carbocycles. The van der Waals surface area contributed by atoms with Gasteiger partial charge in [0, 0.05) is 25.1 Å². The van der Waals surface area contributed by atoms with E-state index < -0.39 is 0 Å². The molecular formula is C23H25NO2S. The van der Waals surface area contributed by atoms with Gasteiger partial charge in [-0.1, -0.05) is 42.5 Å². The highest BCUT2D eigenvalue weighted by Gasteiger charge is 2.11. The normalized spacial score (nSPS) is 10.7. The summed E-state index contributed by atoms with van der Waals surface area (Å²) < 4.78 is 7.46. The molecular weight excluding hydrogens is 354 g/mol. The van der Waals surface area contributed by atoms with Crippen LogP contribution in [0.15, 0.2) is 71.8 Å². The Hall–Kier alpha value is -2.46. The highest BCUT2D eigenvalue weighted by Crippen LogP contribution is 2.24. The highest BCUT2D eigenvalue weighted by atomic mass is 32.2. The fourth-order valence-electron chi connectivity index (χ4n) is 3.11. The van der Waals surface area contributed by atoms with Gasteiger partial charge in [-0.3, -0.25) is 4.79 Å². The number of rotatable bonds is 9. The van der Waals surface area contributed by atoms with Crippen molar-refractivity contribution in [3.05, 3.63) is 83.6 Å². The Bertz CT molecular complexity index is 869. The van der Waals surface area contributed by atoms with Gasteiger partial charge in [-0.15, -0.1) is 11.8 Å². The van der Waals surface area contributed by atoms with Crippen molar-refractivity contribution in [2.45, 2.75) is 31.3 Å². The van der Waals surface area contributed by atoms with Crippen molar-refractivity contribution in [2.24, 2.45) is 0 Å². The molecule has 0 spiro atoms. The molecule has 3 nitrogen and oxygen atoms in total. The molecule has 4 heteroatoms. The van der Waals surface area contributed by atoms with Gasteiger partial charge < -0.3 is 9.30 Å². The molecule has 0 aliphatic rings. The zero-order chi connectivity index (χ0) is 19.1. The van der Waals surface area contributed by atoms with Gasteiger partial charge in [0.2, 0.25) is 0 Å². The van der Waals surface area contributed by atoms with E-state index >= 15 is 0 Å². The standard InChI is InChI=1S/C23H25NO2S/c1-3-24-20(15-18-7-5-4-6-8-18)11-14-23(24)27-17-21(25)16-19-9-12-22(26-2)13-10-19/h4-14H,3,15-17H2,1-2H3. The smallest absolute Gasteiger partial charge is 0.147 e. The van der Waals surface area contributed by atoms with Crippen LogP contribution in [0.2, 0.25) is 0 Å². The van der Waals surface area contributed by atoms with E-state index in [1.165, 1.54) is 11.3 Å². The van der Waals surface area contributed by atoms with Gasteiger partial charge in [0.05, 0.1) is 17.9 Å². The van der Waals surface area contributed by atoms with Gasteiger partial charge in [0.15, 0.2) is 0 Å². The Morgan fingerprint density at radius 3 is 2.37 bits per heavy atom. The predicted octanol–water partition coefficient (Wildman–Crippen LogP) is 5.01. The lowest BCUT2D eigenvalue weighted by molar-refractivity contribution is -0.116. The van der Waals surface area contributed by atoms with Gasteiger partial charge in [-0.25, -0.2) is 0 Å². The molecule has 0 fully saturated rings. The van der Waals surface area contributed by atoms with Crippen molar-refractivity contribution < 1.29 is 9.53 Å². The predicted molar refractivity (Wildman–Crippen MR) is 112 cm³/mol. The first-order chi connectivity index (χ1) is 13.2. The molecule has 0 radical (unpaired) electrons. The number of methoxy groups -OCH3 is 1. The average Bonchev–Trinajstić information content (AvgIpc) is 3.09. The van der Waals surface area contributed by atoms with Gasteiger partial charge in [0.25, 0.3) is 0 Å². The molecule has 0 unspecified atom stereocenters. The van der Waals surface area contributed by atoms with Crippen LogP contribution in [0.3, 0.4) is 0 Å². The topological polar surface area (TPSA) is 31.2 Å². The third-order valence-electron chi connectivity index (χ3n) is 4.52. The Kier molecular flexibility index (Phi) is 6.77. The third kappa shape index (κ3) is 5.27. The number of Topliss-reactive ketones (excluding diaryl/α,β-unsaturated/α-hetero) is 1. The molecule has 0 saturated heterocycles. The lowest BCUT2D eigenvalue weighted by Crippen LogP contribution is -2.08. The minimum Gasteiger partial charge on any atom is -0.497 e. The summed E-state index contributed by atoms with van der Waals surface area (Å²) >= 11 is 1.63. The molecule has 3 rings (SSSR count). The number of ether oxygens (including phenoxy) is 1. The molecule has 140 valence electrons. The van der Waals surface area contributed by atoms with Crippen molar-refractivity contribution >= 4 is 17.5 Å². The monoisotopic (exact) mass is 379 g/mol. The Morgan fingerprint density at radius 2 is 1.70 bits per heavy atom. The molecule has 0 saturated carbocycles. The average molecular weight is 380 g/mol. The van der Waals surface area contributed by atoms with E-state index in [4.69, 9.17) is 4.74 Å². The zero-order valence-corrected chi connectivity index (χ0v) is 16.7. The lowest BCUT2D eigenvalue weighted by atomic mass is 10.1. The van der Waals surface area contributed by atoms with E-state index in [1.54, 1.807) is 18.9 Å². The maximum atomic E-state index is 12.4. The Balaban J connectivity index is 1.59. The summed E-state index contributed by atoms with van der Waals surface area (Å²) in [5.41, 5.74) is 3.61. The molecule has 27 heavy (non-hydrogen) atoms. The number of benzene rings is 2. The minimum absolute atomic E-state index is 0.235. The van der Waals surface area contributed by atoms with Gasteiger partial charge in [-0.05, 0) is 42.3 Å². The second-order valence-electron chi connectivity index (χ2n) is 6.42. The van der Waals surface area contributed by atoms with Gasteiger partial charge >= 0.3 is 0 Å². The summed E-state index contributed by atoms with van der Waals surface area (Å²) in [4.78, 5) is 12.4. The van der Waals surface area contributed by atoms with Crippen molar-refractivity contribution in [3.63, 3.8) is 0 Å². The maximum absolute atomic E-state index is 12.4. The molecule has 0 amide bonds. The quantitative estimate of drug-likeness (QED) is 0.490. The summed E-state index contributed by atoms with van der Waals surface area (Å²) in [7, 11) is 1.64. The Labute approximate surface area is 165 Å². The van der Waals surface area contributed by atoms with Crippen molar-refractivity contribution in [2.75, 3.05) is 12.9 Å². The van der Waals surface area contributed by atoms with E-state index in [0.717, 1.165) is 29.3 Å². The van der Waals surface area contributed by atoms with E-state index in [1.807, 2.05) is 30.3 Å². The van der Waals surface area contributed by atoms with Crippen molar-refractivity contribution in [1.82, 2.24) is 4.57 Å². The molecule has 0 aliphatic heterocycles. The highest BCUT2D eigenvalue weighted by molar-refractivity contribution is 7.99. The third-order valence-corrected chi connectivity index (χ3v) is 5.64. The lowest BCUT2D eigenvalue weighted by Gasteiger charge is -2.11. The van der Waals surface area contributed by atoms with E-state index in [-0.39, 0.29) is 5.78 Å². The molecule has 2 aromatic carbocycles. The van der Waals surface area contributed by atoms with Crippen molar-refractivity contribution in [1.29, 1.82) is 0 Å². The second kappa shape index (κ2) is 9.47. The van der Waals surface area contributed by atoms with Crippen LogP contribution in [0.4, 0.5) is 0 Å². The van der Waals surface area contributed by atoms with Crippen LogP contribution in [0.1, 0.15) is 23.7 Å². The van der Waals surface area contributed by atoms with Crippen LogP contribution in [-0.4, -0.2) is 23.2 Å².